The van der Waals surface area contributed by atoms with E-state index in [1.54, 1.807) is 54.7 Å². The molecule has 4 rings (SSSR count). The molecule has 0 radical (unpaired) electrons. The van der Waals surface area contributed by atoms with Crippen molar-refractivity contribution in [2.75, 3.05) is 12.4 Å². The molecule has 0 saturated heterocycles. The number of carbonyl (C=O) groups excluding carboxylic acids is 1. The van der Waals surface area contributed by atoms with Gasteiger partial charge in [-0.25, -0.2) is 4.98 Å². The second-order valence-corrected chi connectivity index (χ2v) is 7.45. The molecular formula is C25H20ClN3O3. The van der Waals surface area contributed by atoms with Crippen LogP contribution in [0.2, 0.25) is 5.02 Å². The summed E-state index contributed by atoms with van der Waals surface area (Å²) in [6, 6.07) is 21.4. The summed E-state index contributed by atoms with van der Waals surface area (Å²) in [6.45, 7) is 2.02. The van der Waals surface area contributed by atoms with Gasteiger partial charge in [0.25, 0.3) is 5.91 Å². The van der Waals surface area contributed by atoms with Gasteiger partial charge in [-0.2, -0.15) is 4.98 Å². The fourth-order valence-electron chi connectivity index (χ4n) is 3.03. The van der Waals surface area contributed by atoms with Crippen molar-refractivity contribution >= 4 is 23.2 Å². The number of carbonyl (C=O) groups is 1. The van der Waals surface area contributed by atoms with Crippen LogP contribution in [0.15, 0.2) is 79.0 Å². The van der Waals surface area contributed by atoms with Crippen LogP contribution in [0.1, 0.15) is 15.9 Å². The van der Waals surface area contributed by atoms with E-state index in [-0.39, 0.29) is 5.91 Å². The lowest BCUT2D eigenvalue weighted by atomic mass is 10.1. The van der Waals surface area contributed by atoms with E-state index in [0.717, 1.165) is 11.1 Å². The van der Waals surface area contributed by atoms with Crippen molar-refractivity contribution in [3.05, 3.63) is 95.1 Å². The van der Waals surface area contributed by atoms with Crippen LogP contribution in [0.25, 0.3) is 11.4 Å². The molecule has 0 fully saturated rings. The Hall–Kier alpha value is -3.90. The van der Waals surface area contributed by atoms with Gasteiger partial charge in [0, 0.05) is 28.4 Å². The standard InChI is InChI=1S/C25H20ClN3O3/c1-16-6-8-17(9-7-16)24-27-13-12-23(29-24)32-20-5-3-4-18(14-20)25(30)28-21-15-19(26)10-11-22(21)31-2/h3-15H,1-2H3,(H,28,30). The number of methoxy groups -OCH3 is 1. The van der Waals surface area contributed by atoms with Crippen molar-refractivity contribution in [1.82, 2.24) is 9.97 Å². The maximum atomic E-state index is 12.8. The van der Waals surface area contributed by atoms with Crippen LogP contribution < -0.4 is 14.8 Å². The molecular weight excluding hydrogens is 426 g/mol. The number of nitrogens with zero attached hydrogens (tertiary/aromatic N) is 2. The SMILES string of the molecule is COc1ccc(Cl)cc1NC(=O)c1cccc(Oc2ccnc(-c3ccc(C)cc3)n2)c1. The second-order valence-electron chi connectivity index (χ2n) is 7.01. The van der Waals surface area contributed by atoms with E-state index in [0.29, 0.717) is 39.5 Å². The van der Waals surface area contributed by atoms with E-state index < -0.39 is 0 Å². The van der Waals surface area contributed by atoms with Crippen molar-refractivity contribution in [3.63, 3.8) is 0 Å². The minimum atomic E-state index is -0.320. The molecule has 1 aromatic heterocycles. The van der Waals surface area contributed by atoms with Crippen LogP contribution >= 0.6 is 11.6 Å². The number of aryl methyl sites for hydroxylation is 1. The maximum Gasteiger partial charge on any atom is 0.255 e. The Bertz CT molecular complexity index is 1260. The van der Waals surface area contributed by atoms with Crippen LogP contribution in [0.4, 0.5) is 5.69 Å². The zero-order chi connectivity index (χ0) is 22.5. The highest BCUT2D eigenvalue weighted by Gasteiger charge is 2.12. The number of rotatable bonds is 6. The first-order valence-electron chi connectivity index (χ1n) is 9.85. The Morgan fingerprint density at radius 2 is 1.81 bits per heavy atom. The van der Waals surface area contributed by atoms with Gasteiger partial charge in [-0.1, -0.05) is 47.5 Å². The maximum absolute atomic E-state index is 12.8. The molecule has 32 heavy (non-hydrogen) atoms. The summed E-state index contributed by atoms with van der Waals surface area (Å²) in [5.74, 6) is 1.61. The second kappa shape index (κ2) is 9.49. The van der Waals surface area contributed by atoms with Crippen LogP contribution in [-0.4, -0.2) is 23.0 Å². The highest BCUT2D eigenvalue weighted by Crippen LogP contribution is 2.29. The lowest BCUT2D eigenvalue weighted by Crippen LogP contribution is -2.12. The first-order chi connectivity index (χ1) is 15.5. The van der Waals surface area contributed by atoms with Gasteiger partial charge in [-0.05, 0) is 43.3 Å². The number of ether oxygens (including phenoxy) is 2. The molecule has 6 nitrogen and oxygen atoms in total. The molecule has 1 heterocycles. The predicted molar refractivity (Wildman–Crippen MR) is 125 cm³/mol. The van der Waals surface area contributed by atoms with Gasteiger partial charge in [0.15, 0.2) is 5.82 Å². The minimum absolute atomic E-state index is 0.320. The van der Waals surface area contributed by atoms with E-state index in [4.69, 9.17) is 21.1 Å². The lowest BCUT2D eigenvalue weighted by molar-refractivity contribution is 0.102. The molecule has 0 aliphatic rings. The summed E-state index contributed by atoms with van der Waals surface area (Å²) in [6.07, 6.45) is 1.64. The van der Waals surface area contributed by atoms with E-state index in [9.17, 15) is 4.79 Å². The zero-order valence-corrected chi connectivity index (χ0v) is 18.3. The van der Waals surface area contributed by atoms with Gasteiger partial charge in [0.05, 0.1) is 12.8 Å². The molecule has 3 aromatic carbocycles. The van der Waals surface area contributed by atoms with Gasteiger partial charge in [-0.15, -0.1) is 0 Å². The number of aromatic nitrogens is 2. The third-order valence-electron chi connectivity index (χ3n) is 4.67. The van der Waals surface area contributed by atoms with Gasteiger partial charge in [0.2, 0.25) is 5.88 Å². The number of anilines is 1. The minimum Gasteiger partial charge on any atom is -0.495 e. The molecule has 0 aliphatic carbocycles. The monoisotopic (exact) mass is 445 g/mol. The van der Waals surface area contributed by atoms with Crippen molar-refractivity contribution in [2.24, 2.45) is 0 Å². The summed E-state index contributed by atoms with van der Waals surface area (Å²) in [5.41, 5.74) is 2.95. The first kappa shape index (κ1) is 21.3. The lowest BCUT2D eigenvalue weighted by Gasteiger charge is -2.11. The highest BCUT2D eigenvalue weighted by molar-refractivity contribution is 6.31. The first-order valence-corrected chi connectivity index (χ1v) is 10.2. The molecule has 1 amide bonds. The molecule has 0 saturated carbocycles. The van der Waals surface area contributed by atoms with Crippen molar-refractivity contribution in [2.45, 2.75) is 6.92 Å². The Morgan fingerprint density at radius 3 is 2.59 bits per heavy atom. The molecule has 0 atom stereocenters. The molecule has 160 valence electrons. The zero-order valence-electron chi connectivity index (χ0n) is 17.5. The molecule has 0 bridgehead atoms. The highest BCUT2D eigenvalue weighted by atomic mass is 35.5. The Balaban J connectivity index is 1.52. The molecule has 1 N–H and O–H groups in total. The number of amides is 1. The number of hydrogen-bond acceptors (Lipinski definition) is 5. The van der Waals surface area contributed by atoms with Crippen molar-refractivity contribution in [1.29, 1.82) is 0 Å². The molecule has 0 spiro atoms. The van der Waals surface area contributed by atoms with Crippen molar-refractivity contribution < 1.29 is 14.3 Å². The van der Waals surface area contributed by atoms with Gasteiger partial charge in [-0.3, -0.25) is 4.79 Å². The number of hydrogen-bond donors (Lipinski definition) is 1. The summed E-state index contributed by atoms with van der Waals surface area (Å²) >= 11 is 6.04. The van der Waals surface area contributed by atoms with Gasteiger partial charge >= 0.3 is 0 Å². The smallest absolute Gasteiger partial charge is 0.255 e. The normalized spacial score (nSPS) is 10.5. The summed E-state index contributed by atoms with van der Waals surface area (Å²) in [7, 11) is 1.53. The average molecular weight is 446 g/mol. The van der Waals surface area contributed by atoms with Gasteiger partial charge < -0.3 is 14.8 Å². The number of benzene rings is 3. The summed E-state index contributed by atoms with van der Waals surface area (Å²) < 4.78 is 11.2. The van der Waals surface area contributed by atoms with E-state index in [1.165, 1.54) is 7.11 Å². The fraction of sp³-hybridized carbons (Fsp3) is 0.0800. The summed E-state index contributed by atoms with van der Waals surface area (Å²) in [5, 5.41) is 3.31. The van der Waals surface area contributed by atoms with E-state index in [2.05, 4.69) is 15.3 Å². The Kier molecular flexibility index (Phi) is 6.33. The van der Waals surface area contributed by atoms with Crippen molar-refractivity contribution in [3.8, 4) is 28.8 Å². The van der Waals surface area contributed by atoms with Crippen LogP contribution in [0.5, 0.6) is 17.4 Å². The molecule has 0 unspecified atom stereocenters. The van der Waals surface area contributed by atoms with E-state index >= 15 is 0 Å². The molecule has 4 aromatic rings. The van der Waals surface area contributed by atoms with E-state index in [1.807, 2.05) is 31.2 Å². The predicted octanol–water partition coefficient (Wildman–Crippen LogP) is 6.16. The largest absolute Gasteiger partial charge is 0.495 e. The van der Waals surface area contributed by atoms with Crippen LogP contribution in [0.3, 0.4) is 0 Å². The molecule has 7 heteroatoms. The third kappa shape index (κ3) is 5.04. The Labute approximate surface area is 190 Å². The Morgan fingerprint density at radius 1 is 1.00 bits per heavy atom. The number of halogens is 1. The third-order valence-corrected chi connectivity index (χ3v) is 4.90. The molecule has 0 aliphatic heterocycles. The number of nitrogens with one attached hydrogen (secondary N) is 1. The van der Waals surface area contributed by atoms with Crippen LogP contribution in [0, 0.1) is 6.92 Å². The van der Waals surface area contributed by atoms with Gasteiger partial charge in [0.1, 0.15) is 11.5 Å². The topological polar surface area (TPSA) is 73.3 Å². The summed E-state index contributed by atoms with van der Waals surface area (Å²) in [4.78, 5) is 21.6. The van der Waals surface area contributed by atoms with Crippen LogP contribution in [-0.2, 0) is 0 Å². The fourth-order valence-corrected chi connectivity index (χ4v) is 3.21. The average Bonchev–Trinajstić information content (AvgIpc) is 2.80. The quantitative estimate of drug-likeness (QED) is 0.385.